The summed E-state index contributed by atoms with van der Waals surface area (Å²) in [6.07, 6.45) is 9.32. The van der Waals surface area contributed by atoms with Crippen LogP contribution in [0.1, 0.15) is 58.3 Å². The summed E-state index contributed by atoms with van der Waals surface area (Å²) in [5.74, 6) is 1.08. The van der Waals surface area contributed by atoms with Gasteiger partial charge >= 0.3 is 5.97 Å². The van der Waals surface area contributed by atoms with Crippen molar-refractivity contribution in [2.75, 3.05) is 0 Å². The first kappa shape index (κ1) is 11.0. The van der Waals surface area contributed by atoms with E-state index in [-0.39, 0.29) is 5.41 Å². The summed E-state index contributed by atoms with van der Waals surface area (Å²) in [5.41, 5.74) is -0.288. The summed E-state index contributed by atoms with van der Waals surface area (Å²) in [4.78, 5) is 11.1. The summed E-state index contributed by atoms with van der Waals surface area (Å²) < 4.78 is 0. The van der Waals surface area contributed by atoms with Crippen molar-refractivity contribution in [3.8, 4) is 0 Å². The van der Waals surface area contributed by atoms with E-state index in [0.717, 1.165) is 25.2 Å². The molecule has 0 aromatic heterocycles. The minimum Gasteiger partial charge on any atom is -0.481 e. The summed E-state index contributed by atoms with van der Waals surface area (Å²) in [5, 5.41) is 9.13. The number of rotatable bonds is 4. The molecule has 0 spiro atoms. The zero-order valence-corrected chi connectivity index (χ0v) is 9.67. The van der Waals surface area contributed by atoms with Gasteiger partial charge in [-0.15, -0.1) is 0 Å². The monoisotopic (exact) mass is 210 g/mol. The van der Waals surface area contributed by atoms with Crippen molar-refractivity contribution in [2.45, 2.75) is 58.3 Å². The molecule has 0 unspecified atom stereocenters. The van der Waals surface area contributed by atoms with Gasteiger partial charge in [0.1, 0.15) is 0 Å². The second-order valence-corrected chi connectivity index (χ2v) is 5.58. The average Bonchev–Trinajstić information content (AvgIpc) is 3.00. The van der Waals surface area contributed by atoms with E-state index < -0.39 is 5.97 Å². The van der Waals surface area contributed by atoms with Gasteiger partial charge < -0.3 is 5.11 Å². The van der Waals surface area contributed by atoms with Crippen LogP contribution in [0.4, 0.5) is 0 Å². The molecule has 2 nitrogen and oxygen atoms in total. The molecule has 0 saturated heterocycles. The van der Waals surface area contributed by atoms with Crippen LogP contribution in [-0.4, -0.2) is 11.1 Å². The second-order valence-electron chi connectivity index (χ2n) is 5.58. The Balaban J connectivity index is 1.80. The number of hydrogen-bond donors (Lipinski definition) is 1. The fraction of sp³-hybridized carbons (Fsp3) is 0.923. The zero-order chi connectivity index (χ0) is 10.9. The third-order valence-corrected chi connectivity index (χ3v) is 4.53. The molecule has 1 N–H and O–H groups in total. The Labute approximate surface area is 92.1 Å². The Kier molecular flexibility index (Phi) is 3.03. The molecule has 2 saturated carbocycles. The third kappa shape index (κ3) is 2.35. The van der Waals surface area contributed by atoms with E-state index in [0.29, 0.717) is 5.92 Å². The van der Waals surface area contributed by atoms with Crippen LogP contribution in [0.5, 0.6) is 0 Å². The maximum atomic E-state index is 11.1. The summed E-state index contributed by atoms with van der Waals surface area (Å²) in [7, 11) is 0. The number of carboxylic acids is 1. The van der Waals surface area contributed by atoms with Gasteiger partial charge in [0, 0.05) is 0 Å². The van der Waals surface area contributed by atoms with Gasteiger partial charge in [-0.1, -0.05) is 39.0 Å². The molecular weight excluding hydrogens is 188 g/mol. The Bertz CT molecular complexity index is 235. The van der Waals surface area contributed by atoms with Gasteiger partial charge in [-0.05, 0) is 31.1 Å². The van der Waals surface area contributed by atoms with Gasteiger partial charge in [-0.25, -0.2) is 0 Å². The Hall–Kier alpha value is -0.530. The lowest BCUT2D eigenvalue weighted by Crippen LogP contribution is -2.22. The van der Waals surface area contributed by atoms with Crippen LogP contribution >= 0.6 is 0 Å². The SMILES string of the molecule is CCC1CCC(CC2(C(=O)O)CC2)CC1. The largest absolute Gasteiger partial charge is 0.481 e. The first-order valence-electron chi connectivity index (χ1n) is 6.39. The molecule has 2 aliphatic rings. The zero-order valence-electron chi connectivity index (χ0n) is 9.67. The van der Waals surface area contributed by atoms with Gasteiger partial charge in [0.25, 0.3) is 0 Å². The van der Waals surface area contributed by atoms with E-state index in [2.05, 4.69) is 6.92 Å². The van der Waals surface area contributed by atoms with Gasteiger partial charge in [-0.3, -0.25) is 4.79 Å². The number of aliphatic carboxylic acids is 1. The van der Waals surface area contributed by atoms with Crippen molar-refractivity contribution in [3.63, 3.8) is 0 Å². The Morgan fingerprint density at radius 2 is 1.73 bits per heavy atom. The Morgan fingerprint density at radius 1 is 1.20 bits per heavy atom. The fourth-order valence-electron chi connectivity index (χ4n) is 3.05. The standard InChI is InChI=1S/C13H22O2/c1-2-10-3-5-11(6-4-10)9-13(7-8-13)12(14)15/h10-11H,2-9H2,1H3,(H,14,15). The number of carbonyl (C=O) groups is 1. The van der Waals surface area contributed by atoms with Crippen LogP contribution in [0.2, 0.25) is 0 Å². The van der Waals surface area contributed by atoms with E-state index in [4.69, 9.17) is 5.11 Å². The quantitative estimate of drug-likeness (QED) is 0.771. The molecule has 2 heteroatoms. The smallest absolute Gasteiger partial charge is 0.309 e. The first-order valence-corrected chi connectivity index (χ1v) is 6.39. The lowest BCUT2D eigenvalue weighted by atomic mass is 9.76. The van der Waals surface area contributed by atoms with Crippen LogP contribution < -0.4 is 0 Å². The molecule has 0 amide bonds. The minimum atomic E-state index is -0.542. The van der Waals surface area contributed by atoms with Crippen LogP contribution in [0.15, 0.2) is 0 Å². The molecule has 2 aliphatic carbocycles. The molecule has 0 radical (unpaired) electrons. The van der Waals surface area contributed by atoms with Gasteiger partial charge in [0.2, 0.25) is 0 Å². The second kappa shape index (κ2) is 4.15. The normalized spacial score (nSPS) is 33.7. The van der Waals surface area contributed by atoms with E-state index >= 15 is 0 Å². The molecule has 0 atom stereocenters. The topological polar surface area (TPSA) is 37.3 Å². The molecule has 0 aromatic carbocycles. The molecule has 0 aromatic rings. The molecule has 15 heavy (non-hydrogen) atoms. The highest BCUT2D eigenvalue weighted by atomic mass is 16.4. The van der Waals surface area contributed by atoms with E-state index in [9.17, 15) is 4.79 Å². The lowest BCUT2D eigenvalue weighted by Gasteiger charge is -2.29. The van der Waals surface area contributed by atoms with Crippen molar-refractivity contribution in [2.24, 2.45) is 17.3 Å². The number of hydrogen-bond acceptors (Lipinski definition) is 1. The van der Waals surface area contributed by atoms with Crippen molar-refractivity contribution in [1.82, 2.24) is 0 Å². The van der Waals surface area contributed by atoms with Crippen LogP contribution in [0.3, 0.4) is 0 Å². The van der Waals surface area contributed by atoms with Crippen LogP contribution in [0.25, 0.3) is 0 Å². The predicted octanol–water partition coefficient (Wildman–Crippen LogP) is 3.46. The van der Waals surface area contributed by atoms with Crippen molar-refractivity contribution < 1.29 is 9.90 Å². The van der Waals surface area contributed by atoms with E-state index in [1.165, 1.54) is 32.1 Å². The predicted molar refractivity (Wildman–Crippen MR) is 59.7 cm³/mol. The fourth-order valence-corrected chi connectivity index (χ4v) is 3.05. The third-order valence-electron chi connectivity index (χ3n) is 4.53. The maximum Gasteiger partial charge on any atom is 0.309 e. The van der Waals surface area contributed by atoms with Crippen molar-refractivity contribution in [3.05, 3.63) is 0 Å². The maximum absolute atomic E-state index is 11.1. The highest BCUT2D eigenvalue weighted by Crippen LogP contribution is 2.53. The van der Waals surface area contributed by atoms with Gasteiger partial charge in [0.05, 0.1) is 5.41 Å². The summed E-state index contributed by atoms with van der Waals surface area (Å²) in [6, 6.07) is 0. The highest BCUT2D eigenvalue weighted by molar-refractivity contribution is 5.77. The van der Waals surface area contributed by atoms with Crippen molar-refractivity contribution in [1.29, 1.82) is 0 Å². The summed E-state index contributed by atoms with van der Waals surface area (Å²) >= 11 is 0. The molecule has 0 heterocycles. The van der Waals surface area contributed by atoms with Crippen molar-refractivity contribution >= 4 is 5.97 Å². The lowest BCUT2D eigenvalue weighted by molar-refractivity contribution is -0.144. The highest BCUT2D eigenvalue weighted by Gasteiger charge is 2.51. The van der Waals surface area contributed by atoms with E-state index in [1.807, 2.05) is 0 Å². The minimum absolute atomic E-state index is 0.288. The summed E-state index contributed by atoms with van der Waals surface area (Å²) in [6.45, 7) is 2.27. The molecular formula is C13H22O2. The van der Waals surface area contributed by atoms with Gasteiger partial charge in [-0.2, -0.15) is 0 Å². The molecule has 0 bridgehead atoms. The van der Waals surface area contributed by atoms with Crippen LogP contribution in [-0.2, 0) is 4.79 Å². The number of carboxylic acid groups (broad SMARTS) is 1. The van der Waals surface area contributed by atoms with Crippen LogP contribution in [0, 0.1) is 17.3 Å². The average molecular weight is 210 g/mol. The first-order chi connectivity index (χ1) is 7.16. The Morgan fingerprint density at radius 3 is 2.13 bits per heavy atom. The van der Waals surface area contributed by atoms with E-state index in [1.54, 1.807) is 0 Å². The molecule has 0 aliphatic heterocycles. The molecule has 2 fully saturated rings. The van der Waals surface area contributed by atoms with Gasteiger partial charge in [0.15, 0.2) is 0 Å². The molecule has 86 valence electrons. The molecule has 2 rings (SSSR count).